The summed E-state index contributed by atoms with van der Waals surface area (Å²) in [6.07, 6.45) is 0. The average Bonchev–Trinajstić information content (AvgIpc) is 3.12. The highest BCUT2D eigenvalue weighted by Crippen LogP contribution is 2.36. The Morgan fingerprint density at radius 2 is 1.85 bits per heavy atom. The molecule has 27 heavy (non-hydrogen) atoms. The Labute approximate surface area is 161 Å². The summed E-state index contributed by atoms with van der Waals surface area (Å²) in [6.45, 7) is 2.36. The molecule has 0 bridgehead atoms. The molecule has 0 spiro atoms. The first-order valence-corrected chi connectivity index (χ1v) is 9.26. The van der Waals surface area contributed by atoms with Gasteiger partial charge in [-0.3, -0.25) is 4.79 Å². The van der Waals surface area contributed by atoms with E-state index >= 15 is 0 Å². The van der Waals surface area contributed by atoms with Gasteiger partial charge in [-0.25, -0.2) is 0 Å². The number of anilines is 1. The van der Waals surface area contributed by atoms with Crippen molar-refractivity contribution in [2.75, 3.05) is 18.5 Å². The highest BCUT2D eigenvalue weighted by molar-refractivity contribution is 7.17. The highest BCUT2D eigenvalue weighted by atomic mass is 32.1. The molecule has 2 aromatic carbocycles. The van der Waals surface area contributed by atoms with Crippen LogP contribution in [0.4, 0.5) is 5.69 Å². The lowest BCUT2D eigenvalue weighted by molar-refractivity contribution is 0.102. The van der Waals surface area contributed by atoms with Gasteiger partial charge in [-0.2, -0.15) is 5.26 Å². The lowest BCUT2D eigenvalue weighted by atomic mass is 10.2. The van der Waals surface area contributed by atoms with E-state index in [1.807, 2.05) is 49.4 Å². The SMILES string of the molecule is CCOc1cc(-c2ccccc2)sc1C(=O)Nc1ccc(OCC#N)cc1. The van der Waals surface area contributed by atoms with Crippen molar-refractivity contribution in [1.82, 2.24) is 0 Å². The molecule has 136 valence electrons. The van der Waals surface area contributed by atoms with Crippen LogP contribution in [0.25, 0.3) is 10.4 Å². The van der Waals surface area contributed by atoms with E-state index in [4.69, 9.17) is 14.7 Å². The normalized spacial score (nSPS) is 10.1. The van der Waals surface area contributed by atoms with E-state index in [9.17, 15) is 4.79 Å². The van der Waals surface area contributed by atoms with E-state index in [-0.39, 0.29) is 12.5 Å². The van der Waals surface area contributed by atoms with Gasteiger partial charge in [0.15, 0.2) is 6.61 Å². The van der Waals surface area contributed by atoms with Crippen molar-refractivity contribution in [3.63, 3.8) is 0 Å². The van der Waals surface area contributed by atoms with Gasteiger partial charge in [-0.05, 0) is 42.8 Å². The van der Waals surface area contributed by atoms with Gasteiger partial charge in [0, 0.05) is 10.6 Å². The topological polar surface area (TPSA) is 71.3 Å². The molecule has 0 saturated heterocycles. The van der Waals surface area contributed by atoms with Crippen molar-refractivity contribution in [1.29, 1.82) is 5.26 Å². The molecule has 0 radical (unpaired) electrons. The number of benzene rings is 2. The monoisotopic (exact) mass is 378 g/mol. The smallest absolute Gasteiger partial charge is 0.269 e. The number of carbonyl (C=O) groups excluding carboxylic acids is 1. The Kier molecular flexibility index (Phi) is 6.08. The van der Waals surface area contributed by atoms with Crippen LogP contribution in [0.2, 0.25) is 0 Å². The van der Waals surface area contributed by atoms with Crippen LogP contribution in [0.5, 0.6) is 11.5 Å². The summed E-state index contributed by atoms with van der Waals surface area (Å²) in [5.74, 6) is 0.927. The van der Waals surface area contributed by atoms with Crippen LogP contribution in [-0.4, -0.2) is 19.1 Å². The van der Waals surface area contributed by atoms with Crippen molar-refractivity contribution < 1.29 is 14.3 Å². The highest BCUT2D eigenvalue weighted by Gasteiger charge is 2.18. The maximum absolute atomic E-state index is 12.8. The Hall–Kier alpha value is -3.30. The summed E-state index contributed by atoms with van der Waals surface area (Å²) in [6, 6.07) is 20.6. The van der Waals surface area contributed by atoms with Crippen LogP contribution in [0.1, 0.15) is 16.6 Å². The molecule has 5 nitrogen and oxygen atoms in total. The minimum Gasteiger partial charge on any atom is -0.492 e. The van der Waals surface area contributed by atoms with Crippen molar-refractivity contribution in [2.45, 2.75) is 6.92 Å². The van der Waals surface area contributed by atoms with E-state index in [0.29, 0.717) is 28.7 Å². The molecule has 0 aliphatic carbocycles. The van der Waals surface area contributed by atoms with Gasteiger partial charge >= 0.3 is 0 Å². The number of ether oxygens (including phenoxy) is 2. The summed E-state index contributed by atoms with van der Waals surface area (Å²) in [5, 5.41) is 11.4. The lowest BCUT2D eigenvalue weighted by Crippen LogP contribution is -2.11. The van der Waals surface area contributed by atoms with Crippen LogP contribution < -0.4 is 14.8 Å². The molecule has 0 aliphatic heterocycles. The van der Waals surface area contributed by atoms with E-state index < -0.39 is 0 Å². The molecule has 0 saturated carbocycles. The molecule has 1 heterocycles. The molecule has 1 amide bonds. The number of carbonyl (C=O) groups is 1. The molecular weight excluding hydrogens is 360 g/mol. The first-order valence-electron chi connectivity index (χ1n) is 8.44. The zero-order valence-corrected chi connectivity index (χ0v) is 15.6. The number of amides is 1. The van der Waals surface area contributed by atoms with E-state index in [1.54, 1.807) is 24.3 Å². The Morgan fingerprint density at radius 3 is 2.52 bits per heavy atom. The largest absolute Gasteiger partial charge is 0.492 e. The molecule has 0 atom stereocenters. The number of nitrogens with zero attached hydrogens (tertiary/aromatic N) is 1. The molecule has 3 aromatic rings. The van der Waals surface area contributed by atoms with Gasteiger partial charge in [-0.1, -0.05) is 30.3 Å². The molecule has 0 fully saturated rings. The van der Waals surface area contributed by atoms with Crippen molar-refractivity contribution in [3.8, 4) is 28.0 Å². The lowest BCUT2D eigenvalue weighted by Gasteiger charge is -2.07. The van der Waals surface area contributed by atoms with Crippen LogP contribution in [-0.2, 0) is 0 Å². The summed E-state index contributed by atoms with van der Waals surface area (Å²) >= 11 is 1.40. The summed E-state index contributed by atoms with van der Waals surface area (Å²) in [5.41, 5.74) is 1.68. The van der Waals surface area contributed by atoms with Crippen LogP contribution in [0, 0.1) is 11.3 Å². The Morgan fingerprint density at radius 1 is 1.11 bits per heavy atom. The van der Waals surface area contributed by atoms with E-state index in [2.05, 4.69) is 5.32 Å². The Bertz CT molecular complexity index is 944. The third kappa shape index (κ3) is 4.66. The number of nitrogens with one attached hydrogen (secondary N) is 1. The number of rotatable bonds is 7. The minimum absolute atomic E-state index is 0.0130. The maximum Gasteiger partial charge on any atom is 0.269 e. The van der Waals surface area contributed by atoms with Crippen molar-refractivity contribution in [2.24, 2.45) is 0 Å². The molecule has 0 aliphatic rings. The minimum atomic E-state index is -0.226. The molecule has 6 heteroatoms. The van der Waals surface area contributed by atoms with E-state index in [1.165, 1.54) is 11.3 Å². The Balaban J connectivity index is 1.79. The number of hydrogen-bond acceptors (Lipinski definition) is 5. The van der Waals surface area contributed by atoms with Gasteiger partial charge in [0.1, 0.15) is 22.4 Å². The van der Waals surface area contributed by atoms with Gasteiger partial charge in [0.05, 0.1) is 6.61 Å². The average molecular weight is 378 g/mol. The maximum atomic E-state index is 12.8. The third-order valence-electron chi connectivity index (χ3n) is 3.68. The van der Waals surface area contributed by atoms with Gasteiger partial charge in [0.2, 0.25) is 0 Å². The number of thiophene rings is 1. The fraction of sp³-hybridized carbons (Fsp3) is 0.143. The molecular formula is C21H18N2O3S. The third-order valence-corrected chi connectivity index (χ3v) is 4.84. The zero-order valence-electron chi connectivity index (χ0n) is 14.8. The molecule has 3 rings (SSSR count). The van der Waals surface area contributed by atoms with Crippen molar-refractivity contribution in [3.05, 3.63) is 65.5 Å². The number of nitriles is 1. The first-order chi connectivity index (χ1) is 13.2. The van der Waals surface area contributed by atoms with Crippen LogP contribution >= 0.6 is 11.3 Å². The van der Waals surface area contributed by atoms with Gasteiger partial charge in [-0.15, -0.1) is 11.3 Å². The predicted molar refractivity (Wildman–Crippen MR) is 106 cm³/mol. The quantitative estimate of drug-likeness (QED) is 0.630. The molecule has 0 unspecified atom stereocenters. The fourth-order valence-electron chi connectivity index (χ4n) is 2.48. The zero-order chi connectivity index (χ0) is 19.1. The fourth-order valence-corrected chi connectivity index (χ4v) is 3.48. The van der Waals surface area contributed by atoms with Crippen LogP contribution in [0.15, 0.2) is 60.7 Å². The van der Waals surface area contributed by atoms with Gasteiger partial charge in [0.25, 0.3) is 5.91 Å². The summed E-state index contributed by atoms with van der Waals surface area (Å²) < 4.78 is 10.9. The summed E-state index contributed by atoms with van der Waals surface area (Å²) in [7, 11) is 0. The summed E-state index contributed by atoms with van der Waals surface area (Å²) in [4.78, 5) is 14.3. The standard InChI is InChI=1S/C21H18N2O3S/c1-2-25-18-14-19(15-6-4-3-5-7-15)27-20(18)21(24)23-16-8-10-17(11-9-16)26-13-12-22/h3-11,14H,2,13H2,1H3,(H,23,24). The van der Waals surface area contributed by atoms with Crippen molar-refractivity contribution >= 4 is 22.9 Å². The second kappa shape index (κ2) is 8.88. The first kappa shape index (κ1) is 18.5. The predicted octanol–water partition coefficient (Wildman–Crippen LogP) is 4.97. The molecule has 1 aromatic heterocycles. The second-order valence-electron chi connectivity index (χ2n) is 5.53. The second-order valence-corrected chi connectivity index (χ2v) is 6.58. The number of hydrogen-bond donors (Lipinski definition) is 1. The van der Waals surface area contributed by atoms with Gasteiger partial charge < -0.3 is 14.8 Å². The molecule has 1 N–H and O–H groups in total. The van der Waals surface area contributed by atoms with Crippen LogP contribution in [0.3, 0.4) is 0 Å². The van der Waals surface area contributed by atoms with E-state index in [0.717, 1.165) is 10.4 Å².